The Balaban J connectivity index is 1.62. The van der Waals surface area contributed by atoms with Crippen LogP contribution in [0, 0.1) is 5.92 Å². The Hall–Kier alpha value is -1.30. The van der Waals surface area contributed by atoms with Crippen molar-refractivity contribution in [3.05, 3.63) is 0 Å². The maximum Gasteiger partial charge on any atom is 0.234 e. The number of amides is 1. The fourth-order valence-electron chi connectivity index (χ4n) is 2.91. The van der Waals surface area contributed by atoms with Crippen LogP contribution in [0.4, 0.5) is 0 Å². The highest BCUT2D eigenvalue weighted by molar-refractivity contribution is 5.81. The normalized spacial score (nSPS) is 23.8. The number of carbonyl (C=O) groups is 1. The van der Waals surface area contributed by atoms with Crippen LogP contribution in [0.3, 0.4) is 0 Å². The zero-order chi connectivity index (χ0) is 16.2. The largest absolute Gasteiger partial charge is 0.356 e. The molecule has 1 atom stereocenters. The van der Waals surface area contributed by atoms with E-state index in [0.717, 1.165) is 45.0 Å². The lowest BCUT2D eigenvalue weighted by Gasteiger charge is -2.32. The van der Waals surface area contributed by atoms with Crippen LogP contribution in [0.15, 0.2) is 4.99 Å². The minimum atomic E-state index is -0.147. The SMILES string of the molecule is CC1CN=C(NCC2CCN(CC(=O)NC(C)(C)C)CC2)N1. The maximum absolute atomic E-state index is 11.9. The Morgan fingerprint density at radius 3 is 2.59 bits per heavy atom. The van der Waals surface area contributed by atoms with Gasteiger partial charge in [0.2, 0.25) is 5.91 Å². The average molecular weight is 309 g/mol. The highest BCUT2D eigenvalue weighted by atomic mass is 16.2. The Kier molecular flexibility index (Phi) is 5.67. The molecule has 6 nitrogen and oxygen atoms in total. The predicted octanol–water partition coefficient (Wildman–Crippen LogP) is 0.550. The summed E-state index contributed by atoms with van der Waals surface area (Å²) in [5.74, 6) is 1.74. The molecule has 2 heterocycles. The van der Waals surface area contributed by atoms with Crippen LogP contribution >= 0.6 is 0 Å². The van der Waals surface area contributed by atoms with E-state index in [9.17, 15) is 4.79 Å². The number of piperidine rings is 1. The molecule has 0 saturated carbocycles. The van der Waals surface area contributed by atoms with Gasteiger partial charge < -0.3 is 16.0 Å². The van der Waals surface area contributed by atoms with Crippen molar-refractivity contribution in [3.8, 4) is 0 Å². The summed E-state index contributed by atoms with van der Waals surface area (Å²) in [6.07, 6.45) is 2.28. The van der Waals surface area contributed by atoms with E-state index < -0.39 is 0 Å². The molecule has 1 saturated heterocycles. The van der Waals surface area contributed by atoms with Crippen molar-refractivity contribution in [1.29, 1.82) is 0 Å². The number of carbonyl (C=O) groups excluding carboxylic acids is 1. The molecule has 1 fully saturated rings. The van der Waals surface area contributed by atoms with E-state index in [2.05, 4.69) is 32.8 Å². The Morgan fingerprint density at radius 2 is 2.05 bits per heavy atom. The van der Waals surface area contributed by atoms with Crippen molar-refractivity contribution in [2.45, 2.75) is 52.1 Å². The van der Waals surface area contributed by atoms with Gasteiger partial charge in [0.05, 0.1) is 13.1 Å². The molecule has 2 aliphatic heterocycles. The number of aliphatic imine (C=N–C) groups is 1. The van der Waals surface area contributed by atoms with E-state index >= 15 is 0 Å². The van der Waals surface area contributed by atoms with E-state index in [-0.39, 0.29) is 11.4 Å². The van der Waals surface area contributed by atoms with Gasteiger partial charge in [0, 0.05) is 18.1 Å². The van der Waals surface area contributed by atoms with Crippen molar-refractivity contribution < 1.29 is 4.79 Å². The smallest absolute Gasteiger partial charge is 0.234 e. The van der Waals surface area contributed by atoms with E-state index in [1.165, 1.54) is 0 Å². The highest BCUT2D eigenvalue weighted by Gasteiger charge is 2.23. The maximum atomic E-state index is 11.9. The summed E-state index contributed by atoms with van der Waals surface area (Å²) >= 11 is 0. The molecule has 2 rings (SSSR count). The van der Waals surface area contributed by atoms with Gasteiger partial charge in [-0.15, -0.1) is 0 Å². The Bertz CT molecular complexity index is 407. The molecule has 22 heavy (non-hydrogen) atoms. The summed E-state index contributed by atoms with van der Waals surface area (Å²) < 4.78 is 0. The van der Waals surface area contributed by atoms with Crippen molar-refractivity contribution in [2.75, 3.05) is 32.7 Å². The molecule has 3 N–H and O–H groups in total. The van der Waals surface area contributed by atoms with Gasteiger partial charge in [-0.1, -0.05) is 0 Å². The fraction of sp³-hybridized carbons (Fsp3) is 0.875. The highest BCUT2D eigenvalue weighted by Crippen LogP contribution is 2.16. The molecule has 6 heteroatoms. The second-order valence-corrected chi connectivity index (χ2v) is 7.63. The minimum Gasteiger partial charge on any atom is -0.356 e. The molecule has 0 radical (unpaired) electrons. The third-order valence-corrected chi connectivity index (χ3v) is 4.05. The Labute approximate surface area is 134 Å². The zero-order valence-corrected chi connectivity index (χ0v) is 14.4. The average Bonchev–Trinajstić information content (AvgIpc) is 2.81. The van der Waals surface area contributed by atoms with Crippen LogP contribution in [0.1, 0.15) is 40.5 Å². The van der Waals surface area contributed by atoms with Gasteiger partial charge in [-0.05, 0) is 59.5 Å². The van der Waals surface area contributed by atoms with E-state index in [1.807, 2.05) is 20.8 Å². The lowest BCUT2D eigenvalue weighted by Crippen LogP contribution is -2.48. The molecular formula is C16H31N5O. The van der Waals surface area contributed by atoms with Crippen molar-refractivity contribution in [1.82, 2.24) is 20.9 Å². The molecule has 0 spiro atoms. The monoisotopic (exact) mass is 309 g/mol. The molecule has 1 unspecified atom stereocenters. The summed E-state index contributed by atoms with van der Waals surface area (Å²) in [6.45, 7) is 12.5. The van der Waals surface area contributed by atoms with Crippen LogP contribution < -0.4 is 16.0 Å². The summed E-state index contributed by atoms with van der Waals surface area (Å²) in [7, 11) is 0. The number of hydrogen-bond donors (Lipinski definition) is 3. The summed E-state index contributed by atoms with van der Waals surface area (Å²) in [4.78, 5) is 18.6. The first kappa shape index (κ1) is 17.1. The minimum absolute atomic E-state index is 0.127. The van der Waals surface area contributed by atoms with E-state index in [1.54, 1.807) is 0 Å². The van der Waals surface area contributed by atoms with E-state index in [4.69, 9.17) is 0 Å². The number of guanidine groups is 1. The second-order valence-electron chi connectivity index (χ2n) is 7.63. The van der Waals surface area contributed by atoms with Crippen LogP contribution in [0.5, 0.6) is 0 Å². The molecule has 0 aromatic rings. The Morgan fingerprint density at radius 1 is 1.36 bits per heavy atom. The van der Waals surface area contributed by atoms with Gasteiger partial charge >= 0.3 is 0 Å². The molecule has 0 aromatic heterocycles. The molecule has 126 valence electrons. The molecule has 0 bridgehead atoms. The third-order valence-electron chi connectivity index (χ3n) is 4.05. The van der Waals surface area contributed by atoms with Crippen molar-refractivity contribution in [3.63, 3.8) is 0 Å². The molecular weight excluding hydrogens is 278 g/mol. The van der Waals surface area contributed by atoms with Crippen molar-refractivity contribution >= 4 is 11.9 Å². The summed E-state index contributed by atoms with van der Waals surface area (Å²) in [6, 6.07) is 0.450. The second kappa shape index (κ2) is 7.31. The summed E-state index contributed by atoms with van der Waals surface area (Å²) in [5.41, 5.74) is -0.147. The zero-order valence-electron chi connectivity index (χ0n) is 14.4. The van der Waals surface area contributed by atoms with Gasteiger partial charge in [-0.3, -0.25) is 14.7 Å². The first-order valence-electron chi connectivity index (χ1n) is 8.40. The van der Waals surface area contributed by atoms with Crippen LogP contribution in [0.25, 0.3) is 0 Å². The number of nitrogens with zero attached hydrogens (tertiary/aromatic N) is 2. The lowest BCUT2D eigenvalue weighted by molar-refractivity contribution is -0.124. The van der Waals surface area contributed by atoms with Crippen LogP contribution in [0.2, 0.25) is 0 Å². The van der Waals surface area contributed by atoms with Gasteiger partial charge in [-0.25, -0.2) is 0 Å². The first-order chi connectivity index (χ1) is 10.3. The molecule has 2 aliphatic rings. The van der Waals surface area contributed by atoms with Gasteiger partial charge in [-0.2, -0.15) is 0 Å². The quantitative estimate of drug-likeness (QED) is 0.709. The molecule has 1 amide bonds. The number of hydrogen-bond acceptors (Lipinski definition) is 5. The topological polar surface area (TPSA) is 68.8 Å². The summed E-state index contributed by atoms with van der Waals surface area (Å²) in [5, 5.41) is 9.76. The van der Waals surface area contributed by atoms with Gasteiger partial charge in [0.15, 0.2) is 5.96 Å². The number of nitrogens with one attached hydrogen (secondary N) is 3. The van der Waals surface area contributed by atoms with Gasteiger partial charge in [0.1, 0.15) is 0 Å². The van der Waals surface area contributed by atoms with Crippen molar-refractivity contribution in [2.24, 2.45) is 10.9 Å². The van der Waals surface area contributed by atoms with Crippen LogP contribution in [-0.2, 0) is 4.79 Å². The van der Waals surface area contributed by atoms with Crippen LogP contribution in [-0.4, -0.2) is 61.1 Å². The standard InChI is InChI=1S/C16H31N5O/c1-12-9-17-15(19-12)18-10-13-5-7-21(8-6-13)11-14(22)20-16(2,3)4/h12-13H,5-11H2,1-4H3,(H,20,22)(H2,17,18,19). The number of rotatable bonds is 4. The van der Waals surface area contributed by atoms with Gasteiger partial charge in [0.25, 0.3) is 0 Å². The number of likely N-dealkylation sites (tertiary alicyclic amines) is 1. The van der Waals surface area contributed by atoms with E-state index in [0.29, 0.717) is 18.5 Å². The molecule has 0 aromatic carbocycles. The molecule has 0 aliphatic carbocycles. The third kappa shape index (κ3) is 5.83. The fourth-order valence-corrected chi connectivity index (χ4v) is 2.91. The first-order valence-corrected chi connectivity index (χ1v) is 8.40. The lowest BCUT2D eigenvalue weighted by atomic mass is 9.97. The predicted molar refractivity (Wildman–Crippen MR) is 90.0 cm³/mol.